The molecule has 23 heavy (non-hydrogen) atoms. The van der Waals surface area contributed by atoms with Gasteiger partial charge in [0.1, 0.15) is 5.82 Å². The number of quaternary nitrogens is 1. The van der Waals surface area contributed by atoms with E-state index in [-0.39, 0.29) is 17.3 Å². The highest BCUT2D eigenvalue weighted by Gasteiger charge is 2.31. The van der Waals surface area contributed by atoms with Gasteiger partial charge in [0, 0.05) is 30.3 Å². The molecule has 5 N–H and O–H groups in total. The maximum absolute atomic E-state index is 14.3. The monoisotopic (exact) mass is 319 g/mol. The summed E-state index contributed by atoms with van der Waals surface area (Å²) in [6, 6.07) is 3.28. The van der Waals surface area contributed by atoms with Crippen molar-refractivity contribution in [3.63, 3.8) is 0 Å². The Labute approximate surface area is 132 Å². The van der Waals surface area contributed by atoms with E-state index in [4.69, 9.17) is 0 Å². The zero-order chi connectivity index (χ0) is 16.1. The molecule has 6 nitrogen and oxygen atoms in total. The number of aliphatic hydroxyl groups is 1. The highest BCUT2D eigenvalue weighted by molar-refractivity contribution is 5.76. The van der Waals surface area contributed by atoms with E-state index in [0.717, 1.165) is 19.3 Å². The zero-order valence-corrected chi connectivity index (χ0v) is 12.8. The topological polar surface area (TPSA) is 86.7 Å². The number of nitrogens with zero attached hydrogens (tertiary/aromatic N) is 1. The van der Waals surface area contributed by atoms with Crippen LogP contribution in [0, 0.1) is 5.82 Å². The first-order chi connectivity index (χ1) is 11.1. The molecule has 4 rings (SSSR count). The molecular weight excluding hydrogens is 299 g/mol. The summed E-state index contributed by atoms with van der Waals surface area (Å²) in [6.07, 6.45) is 3.79. The number of hydrogen-bond acceptors (Lipinski definition) is 3. The smallest absolute Gasteiger partial charge is 0.326 e. The minimum Gasteiger partial charge on any atom is -0.385 e. The fourth-order valence-electron chi connectivity index (χ4n) is 3.76. The van der Waals surface area contributed by atoms with E-state index >= 15 is 0 Å². The second-order valence-corrected chi connectivity index (χ2v) is 6.37. The van der Waals surface area contributed by atoms with E-state index in [1.54, 1.807) is 11.6 Å². The fraction of sp³-hybridized carbons (Fsp3) is 0.438. The predicted octanol–water partition coefficient (Wildman–Crippen LogP) is 0.234. The van der Waals surface area contributed by atoms with Crippen LogP contribution >= 0.6 is 0 Å². The number of rotatable bonds is 3. The third-order valence-corrected chi connectivity index (χ3v) is 4.88. The Morgan fingerprint density at radius 2 is 2.30 bits per heavy atom. The Morgan fingerprint density at radius 3 is 3.04 bits per heavy atom. The quantitative estimate of drug-likeness (QED) is 0.611. The average molecular weight is 319 g/mol. The SMILES string of the molecule is C[NH2+]C(O)c1cc2[nH]c(=O)n(C3CC4=CCC(C3)N4)c2cc1F. The summed E-state index contributed by atoms with van der Waals surface area (Å²) in [5.74, 6) is -0.494. The van der Waals surface area contributed by atoms with Gasteiger partial charge >= 0.3 is 5.69 Å². The molecule has 7 heteroatoms. The van der Waals surface area contributed by atoms with Crippen LogP contribution in [0.4, 0.5) is 4.39 Å². The van der Waals surface area contributed by atoms with Gasteiger partial charge < -0.3 is 20.7 Å². The van der Waals surface area contributed by atoms with E-state index in [2.05, 4.69) is 16.4 Å². The number of benzene rings is 1. The number of nitrogens with two attached hydrogens (primary N) is 1. The van der Waals surface area contributed by atoms with Crippen molar-refractivity contribution in [2.75, 3.05) is 7.05 Å². The summed E-state index contributed by atoms with van der Waals surface area (Å²) >= 11 is 0. The van der Waals surface area contributed by atoms with Crippen LogP contribution in [0.5, 0.6) is 0 Å². The fourth-order valence-corrected chi connectivity index (χ4v) is 3.76. The number of allylic oxidation sites excluding steroid dienone is 1. The lowest BCUT2D eigenvalue weighted by molar-refractivity contribution is -0.709. The van der Waals surface area contributed by atoms with Crippen molar-refractivity contribution in [2.45, 2.75) is 37.6 Å². The van der Waals surface area contributed by atoms with Gasteiger partial charge in [0.15, 0.2) is 0 Å². The van der Waals surface area contributed by atoms with Gasteiger partial charge in [0.2, 0.25) is 6.23 Å². The van der Waals surface area contributed by atoms with Crippen molar-refractivity contribution in [3.8, 4) is 0 Å². The number of hydrogen-bond donors (Lipinski definition) is 4. The van der Waals surface area contributed by atoms with Crippen LogP contribution in [0.3, 0.4) is 0 Å². The predicted molar refractivity (Wildman–Crippen MR) is 83.2 cm³/mol. The van der Waals surface area contributed by atoms with Crippen molar-refractivity contribution < 1.29 is 14.8 Å². The van der Waals surface area contributed by atoms with E-state index in [1.807, 2.05) is 0 Å². The van der Waals surface area contributed by atoms with Gasteiger partial charge in [-0.2, -0.15) is 0 Å². The van der Waals surface area contributed by atoms with E-state index < -0.39 is 12.0 Å². The van der Waals surface area contributed by atoms with Crippen LogP contribution in [0.1, 0.15) is 37.1 Å². The first-order valence-electron chi connectivity index (χ1n) is 7.93. The molecule has 1 aromatic carbocycles. The molecule has 0 saturated carbocycles. The molecule has 1 saturated heterocycles. The molecule has 122 valence electrons. The number of imidazole rings is 1. The third-order valence-electron chi connectivity index (χ3n) is 4.88. The Balaban J connectivity index is 1.81. The molecule has 0 amide bonds. The first-order valence-corrected chi connectivity index (χ1v) is 7.93. The second-order valence-electron chi connectivity index (χ2n) is 6.37. The molecule has 2 aromatic rings. The summed E-state index contributed by atoms with van der Waals surface area (Å²) in [4.78, 5) is 15.2. The molecule has 1 aromatic heterocycles. The average Bonchev–Trinajstić information content (AvgIpc) is 3.03. The normalized spacial score (nSPS) is 24.6. The minimum absolute atomic E-state index is 0.0316. The van der Waals surface area contributed by atoms with Crippen LogP contribution in [0.15, 0.2) is 28.7 Å². The Kier molecular flexibility index (Phi) is 3.28. The number of aliphatic hydroxyl groups excluding tert-OH is 1. The van der Waals surface area contributed by atoms with Gasteiger partial charge in [-0.15, -0.1) is 0 Å². The molecule has 0 radical (unpaired) electrons. The molecule has 0 spiro atoms. The third kappa shape index (κ3) is 2.27. The van der Waals surface area contributed by atoms with Gasteiger partial charge in [-0.1, -0.05) is 6.08 Å². The van der Waals surface area contributed by atoms with Crippen LogP contribution < -0.4 is 16.3 Å². The number of aromatic amines is 1. The van der Waals surface area contributed by atoms with Gasteiger partial charge in [0.05, 0.1) is 23.6 Å². The van der Waals surface area contributed by atoms with Crippen molar-refractivity contribution in [1.29, 1.82) is 0 Å². The number of fused-ring (bicyclic) bond motifs is 3. The first kappa shape index (κ1) is 14.5. The largest absolute Gasteiger partial charge is 0.385 e. The van der Waals surface area contributed by atoms with Gasteiger partial charge in [-0.3, -0.25) is 4.57 Å². The molecule has 2 aliphatic heterocycles. The number of H-pyrrole nitrogens is 1. The summed E-state index contributed by atoms with van der Waals surface area (Å²) in [7, 11) is 1.67. The van der Waals surface area contributed by atoms with Gasteiger partial charge in [-0.25, -0.2) is 9.18 Å². The molecule has 3 unspecified atom stereocenters. The Hall–Kier alpha value is -2.12. The lowest BCUT2D eigenvalue weighted by Crippen LogP contribution is -2.81. The van der Waals surface area contributed by atoms with E-state index in [0.29, 0.717) is 17.1 Å². The molecule has 3 atom stereocenters. The highest BCUT2D eigenvalue weighted by Crippen LogP contribution is 2.34. The maximum atomic E-state index is 14.3. The molecule has 2 bridgehead atoms. The van der Waals surface area contributed by atoms with Gasteiger partial charge in [0.25, 0.3) is 0 Å². The Morgan fingerprint density at radius 1 is 1.48 bits per heavy atom. The maximum Gasteiger partial charge on any atom is 0.326 e. The highest BCUT2D eigenvalue weighted by atomic mass is 19.1. The summed E-state index contributed by atoms with van der Waals surface area (Å²) in [6.45, 7) is 0. The Bertz CT molecular complexity index is 854. The lowest BCUT2D eigenvalue weighted by atomic mass is 10.00. The number of nitrogens with one attached hydrogen (secondary N) is 2. The number of piperidine rings is 1. The zero-order valence-electron chi connectivity index (χ0n) is 12.8. The molecular formula is C16H20FN4O2+. The molecule has 0 aliphatic carbocycles. The van der Waals surface area contributed by atoms with Crippen molar-refractivity contribution >= 4 is 11.0 Å². The molecule has 3 heterocycles. The molecule has 1 fully saturated rings. The van der Waals surface area contributed by atoms with Crippen LogP contribution in [-0.2, 0) is 0 Å². The number of halogens is 1. The van der Waals surface area contributed by atoms with Crippen molar-refractivity contribution in [1.82, 2.24) is 14.9 Å². The summed E-state index contributed by atoms with van der Waals surface area (Å²) in [5, 5.41) is 14.8. The van der Waals surface area contributed by atoms with E-state index in [9.17, 15) is 14.3 Å². The minimum atomic E-state index is -0.980. The van der Waals surface area contributed by atoms with Crippen LogP contribution in [0.2, 0.25) is 0 Å². The number of aromatic nitrogens is 2. The van der Waals surface area contributed by atoms with Crippen molar-refractivity contribution in [2.24, 2.45) is 0 Å². The summed E-state index contributed by atoms with van der Waals surface area (Å²) in [5.41, 5.74) is 2.25. The lowest BCUT2D eigenvalue weighted by Gasteiger charge is -2.28. The van der Waals surface area contributed by atoms with Crippen molar-refractivity contribution in [3.05, 3.63) is 45.8 Å². The van der Waals surface area contributed by atoms with E-state index in [1.165, 1.54) is 23.1 Å². The molecule has 2 aliphatic rings. The van der Waals surface area contributed by atoms with Crippen LogP contribution in [-0.4, -0.2) is 27.7 Å². The summed E-state index contributed by atoms with van der Waals surface area (Å²) < 4.78 is 16.0. The van der Waals surface area contributed by atoms with Crippen LogP contribution in [0.25, 0.3) is 11.0 Å². The standard InChI is InChI=1S/C16H19FN4O2/c1-18-15(22)11-6-13-14(7-12(11)17)21(16(23)20-13)10-4-8-2-3-9(5-10)19-8/h2,6-7,9-10,15,18-19,22H,3-5H2,1H3,(H,20,23)/p+1. The van der Waals surface area contributed by atoms with Gasteiger partial charge in [-0.05, 0) is 18.9 Å². The second kappa shape index (κ2) is 5.21.